The molecule has 0 bridgehead atoms. The summed E-state index contributed by atoms with van der Waals surface area (Å²) in [5, 5.41) is 17.8. The van der Waals surface area contributed by atoms with Crippen molar-refractivity contribution in [2.45, 2.75) is 0 Å². The summed E-state index contributed by atoms with van der Waals surface area (Å²) in [5.74, 6) is -0.530. The van der Waals surface area contributed by atoms with Crippen LogP contribution >= 0.6 is 0 Å². The van der Waals surface area contributed by atoms with Crippen molar-refractivity contribution in [1.29, 1.82) is 5.26 Å². The lowest BCUT2D eigenvalue weighted by Crippen LogP contribution is -2.21. The van der Waals surface area contributed by atoms with Gasteiger partial charge in [0.05, 0.1) is 24.8 Å². The second-order valence-electron chi connectivity index (χ2n) is 3.48. The van der Waals surface area contributed by atoms with Gasteiger partial charge >= 0.3 is 5.97 Å². The summed E-state index contributed by atoms with van der Waals surface area (Å²) in [6.07, 6.45) is 0. The molecule has 0 radical (unpaired) electrons. The fourth-order valence-corrected chi connectivity index (χ4v) is 1.43. The van der Waals surface area contributed by atoms with E-state index in [2.05, 4.69) is 4.74 Å². The van der Waals surface area contributed by atoms with E-state index in [0.717, 1.165) is 5.69 Å². The molecule has 0 fully saturated rings. The van der Waals surface area contributed by atoms with Crippen molar-refractivity contribution in [3.05, 3.63) is 29.3 Å². The van der Waals surface area contributed by atoms with Gasteiger partial charge in [0.25, 0.3) is 0 Å². The molecule has 5 heteroatoms. The molecule has 0 unspecified atom stereocenters. The van der Waals surface area contributed by atoms with Crippen molar-refractivity contribution in [2.75, 3.05) is 32.2 Å². The largest absolute Gasteiger partial charge is 0.465 e. The zero-order valence-corrected chi connectivity index (χ0v) is 9.80. The zero-order valence-electron chi connectivity index (χ0n) is 9.80. The Morgan fingerprint density at radius 1 is 1.59 bits per heavy atom. The van der Waals surface area contributed by atoms with E-state index in [1.807, 2.05) is 6.07 Å². The Bertz CT molecular complexity index is 452. The number of likely N-dealkylation sites (N-methyl/N-ethyl adjacent to an activating group) is 1. The molecule has 1 aromatic rings. The van der Waals surface area contributed by atoms with Crippen LogP contribution in [0.1, 0.15) is 15.9 Å². The van der Waals surface area contributed by atoms with E-state index in [0.29, 0.717) is 6.54 Å². The van der Waals surface area contributed by atoms with Crippen molar-refractivity contribution in [3.8, 4) is 6.07 Å². The number of carbonyl (C=O) groups excluding carboxylic acids is 1. The number of methoxy groups -OCH3 is 1. The molecule has 1 N–H and O–H groups in total. The Kier molecular flexibility index (Phi) is 4.49. The summed E-state index contributed by atoms with van der Waals surface area (Å²) in [5.41, 5.74) is 1.28. The molecule has 0 amide bonds. The molecule has 0 spiro atoms. The minimum absolute atomic E-state index is 0.0249. The number of anilines is 1. The monoisotopic (exact) mass is 234 g/mol. The third kappa shape index (κ3) is 2.95. The van der Waals surface area contributed by atoms with Crippen LogP contribution in [0.15, 0.2) is 18.2 Å². The van der Waals surface area contributed by atoms with Crippen LogP contribution in [0.25, 0.3) is 0 Å². The first-order chi connectivity index (χ1) is 8.13. The summed E-state index contributed by atoms with van der Waals surface area (Å²) in [7, 11) is 3.07. The lowest BCUT2D eigenvalue weighted by Gasteiger charge is -2.18. The van der Waals surface area contributed by atoms with Gasteiger partial charge in [-0.15, -0.1) is 0 Å². The molecule has 1 aromatic carbocycles. The first-order valence-electron chi connectivity index (χ1n) is 5.08. The highest BCUT2D eigenvalue weighted by Gasteiger charge is 2.13. The van der Waals surface area contributed by atoms with Gasteiger partial charge in [-0.05, 0) is 18.2 Å². The normalized spacial score (nSPS) is 9.53. The fraction of sp³-hybridized carbons (Fsp3) is 0.333. The van der Waals surface area contributed by atoms with Crippen molar-refractivity contribution in [1.82, 2.24) is 0 Å². The number of aliphatic hydroxyl groups is 1. The van der Waals surface area contributed by atoms with Gasteiger partial charge in [-0.25, -0.2) is 4.79 Å². The van der Waals surface area contributed by atoms with Crippen LogP contribution in [0.5, 0.6) is 0 Å². The number of hydrogen-bond donors (Lipinski definition) is 1. The van der Waals surface area contributed by atoms with Crippen molar-refractivity contribution in [3.63, 3.8) is 0 Å². The van der Waals surface area contributed by atoms with Gasteiger partial charge in [0, 0.05) is 19.3 Å². The van der Waals surface area contributed by atoms with E-state index in [1.54, 1.807) is 30.1 Å². The van der Waals surface area contributed by atoms with Crippen molar-refractivity contribution < 1.29 is 14.6 Å². The smallest absolute Gasteiger partial charge is 0.339 e. The van der Waals surface area contributed by atoms with Gasteiger partial charge in [-0.2, -0.15) is 5.26 Å². The molecule has 90 valence electrons. The van der Waals surface area contributed by atoms with E-state index in [4.69, 9.17) is 10.4 Å². The first kappa shape index (κ1) is 13.0. The molecule has 0 heterocycles. The summed E-state index contributed by atoms with van der Waals surface area (Å²) in [6.45, 7) is 0.486. The number of nitrogens with zero attached hydrogens (tertiary/aromatic N) is 2. The molecule has 0 aliphatic carbocycles. The molecule has 0 saturated carbocycles. The first-order valence-corrected chi connectivity index (χ1v) is 5.08. The molecule has 0 aromatic heterocycles. The number of hydrogen-bond acceptors (Lipinski definition) is 5. The summed E-state index contributed by atoms with van der Waals surface area (Å²) in [6, 6.07) is 6.82. The maximum Gasteiger partial charge on any atom is 0.339 e. The summed E-state index contributed by atoms with van der Waals surface area (Å²) < 4.78 is 4.58. The molecule has 0 atom stereocenters. The van der Waals surface area contributed by atoms with Crippen molar-refractivity contribution in [2.24, 2.45) is 0 Å². The molecular formula is C12H14N2O3. The predicted octanol–water partition coefficient (Wildman–Crippen LogP) is 0.773. The Morgan fingerprint density at radius 2 is 2.29 bits per heavy atom. The molecule has 0 saturated heterocycles. The highest BCUT2D eigenvalue weighted by Crippen LogP contribution is 2.18. The third-order valence-corrected chi connectivity index (χ3v) is 2.41. The van der Waals surface area contributed by atoms with Crippen LogP contribution in [0, 0.1) is 11.3 Å². The standard InChI is InChI=1S/C12H14N2O3/c1-14(5-6-15)10-3-4-11(12(16)17-2)9(7-10)8-13/h3-4,7,15H,5-6H2,1-2H3. The Labute approximate surface area is 99.8 Å². The molecule has 5 nitrogen and oxygen atoms in total. The number of nitriles is 1. The van der Waals surface area contributed by atoms with Crippen LogP contribution in [0.4, 0.5) is 5.69 Å². The van der Waals surface area contributed by atoms with Crippen LogP contribution in [0.3, 0.4) is 0 Å². The van der Waals surface area contributed by atoms with Crippen LogP contribution in [-0.2, 0) is 4.74 Å². The average molecular weight is 234 g/mol. The van der Waals surface area contributed by atoms with E-state index in [-0.39, 0.29) is 17.7 Å². The number of aliphatic hydroxyl groups excluding tert-OH is 1. The number of carbonyl (C=O) groups is 1. The van der Waals surface area contributed by atoms with Gasteiger partial charge in [0.15, 0.2) is 0 Å². The molecule has 0 aliphatic rings. The lowest BCUT2D eigenvalue weighted by atomic mass is 10.1. The van der Waals surface area contributed by atoms with Gasteiger partial charge in [-0.1, -0.05) is 0 Å². The van der Waals surface area contributed by atoms with E-state index < -0.39 is 5.97 Å². The van der Waals surface area contributed by atoms with Crippen LogP contribution in [0.2, 0.25) is 0 Å². The van der Waals surface area contributed by atoms with Crippen LogP contribution in [-0.4, -0.2) is 38.4 Å². The zero-order chi connectivity index (χ0) is 12.8. The fourth-order valence-electron chi connectivity index (χ4n) is 1.43. The maximum absolute atomic E-state index is 11.4. The quantitative estimate of drug-likeness (QED) is 0.779. The van der Waals surface area contributed by atoms with E-state index in [1.165, 1.54) is 7.11 Å². The lowest BCUT2D eigenvalue weighted by molar-refractivity contribution is 0.0600. The Morgan fingerprint density at radius 3 is 2.82 bits per heavy atom. The average Bonchev–Trinajstić information content (AvgIpc) is 2.37. The molecule has 0 aliphatic heterocycles. The summed E-state index contributed by atoms with van der Waals surface area (Å²) in [4.78, 5) is 13.2. The predicted molar refractivity (Wildman–Crippen MR) is 62.9 cm³/mol. The van der Waals surface area contributed by atoms with Crippen molar-refractivity contribution >= 4 is 11.7 Å². The van der Waals surface area contributed by atoms with Gasteiger partial charge < -0.3 is 14.7 Å². The number of rotatable bonds is 4. The summed E-state index contributed by atoms with van der Waals surface area (Å²) >= 11 is 0. The highest BCUT2D eigenvalue weighted by molar-refractivity contribution is 5.92. The van der Waals surface area contributed by atoms with Gasteiger partial charge in [-0.3, -0.25) is 0 Å². The van der Waals surface area contributed by atoms with E-state index in [9.17, 15) is 4.79 Å². The van der Waals surface area contributed by atoms with Gasteiger partial charge in [0.2, 0.25) is 0 Å². The Hall–Kier alpha value is -2.06. The third-order valence-electron chi connectivity index (χ3n) is 2.41. The van der Waals surface area contributed by atoms with Crippen LogP contribution < -0.4 is 4.90 Å². The second-order valence-corrected chi connectivity index (χ2v) is 3.48. The maximum atomic E-state index is 11.4. The minimum atomic E-state index is -0.530. The highest BCUT2D eigenvalue weighted by atomic mass is 16.5. The minimum Gasteiger partial charge on any atom is -0.465 e. The SMILES string of the molecule is COC(=O)c1ccc(N(C)CCO)cc1C#N. The van der Waals surface area contributed by atoms with Gasteiger partial charge in [0.1, 0.15) is 6.07 Å². The molecular weight excluding hydrogens is 220 g/mol. The second kappa shape index (κ2) is 5.87. The number of ether oxygens (including phenoxy) is 1. The van der Waals surface area contributed by atoms with E-state index >= 15 is 0 Å². The number of benzene rings is 1. The molecule has 17 heavy (non-hydrogen) atoms. The molecule has 1 rings (SSSR count). The number of esters is 1. The Balaban J connectivity index is 3.09. The topological polar surface area (TPSA) is 73.6 Å².